The summed E-state index contributed by atoms with van der Waals surface area (Å²) in [7, 11) is 0. The molecule has 0 fully saturated rings. The van der Waals surface area contributed by atoms with Gasteiger partial charge in [0.05, 0.1) is 28.4 Å². The third-order valence-corrected chi connectivity index (χ3v) is 12.1. The Labute approximate surface area is 351 Å². The molecule has 0 spiro atoms. The number of aromatic nitrogens is 4. The Kier molecular flexibility index (Phi) is 7.84. The molecule has 5 heteroatoms. The third kappa shape index (κ3) is 5.58. The van der Waals surface area contributed by atoms with E-state index < -0.39 is 0 Å². The van der Waals surface area contributed by atoms with Gasteiger partial charge in [-0.3, -0.25) is 0 Å². The van der Waals surface area contributed by atoms with Crippen LogP contribution in [-0.2, 0) is 0 Å². The molecule has 0 unspecified atom stereocenters. The smallest absolute Gasteiger partial charge is 0.164 e. The van der Waals surface area contributed by atoms with Gasteiger partial charge >= 0.3 is 0 Å². The van der Waals surface area contributed by atoms with Crippen LogP contribution in [0.1, 0.15) is 5.56 Å². The highest BCUT2D eigenvalue weighted by molar-refractivity contribution is 6.13. The summed E-state index contributed by atoms with van der Waals surface area (Å²) in [4.78, 5) is 15.8. The minimum Gasteiger partial charge on any atom is -0.309 e. The fourth-order valence-corrected chi connectivity index (χ4v) is 9.25. The monoisotopic (exact) mass is 775 g/mol. The van der Waals surface area contributed by atoms with Crippen molar-refractivity contribution in [2.24, 2.45) is 0 Å². The molecule has 0 aliphatic heterocycles. The molecule has 2 aromatic heterocycles. The van der Waals surface area contributed by atoms with Crippen molar-refractivity contribution >= 4 is 64.9 Å². The zero-order valence-corrected chi connectivity index (χ0v) is 32.8. The summed E-state index contributed by atoms with van der Waals surface area (Å²) in [5.41, 5.74) is 8.90. The second-order valence-corrected chi connectivity index (χ2v) is 15.5. The number of rotatable bonds is 5. The molecule has 5 nitrogen and oxygen atoms in total. The van der Waals surface area contributed by atoms with Crippen LogP contribution in [0.2, 0.25) is 0 Å². The van der Waals surface area contributed by atoms with Crippen LogP contribution in [0.25, 0.3) is 116 Å². The fourth-order valence-electron chi connectivity index (χ4n) is 9.25. The van der Waals surface area contributed by atoms with Crippen LogP contribution in [0, 0.1) is 11.3 Å². The minimum absolute atomic E-state index is 0.612. The standard InChI is InChI=1S/C56H33N5/c57-34-35-26-30-52-49(32-35)50-33-39(27-31-53(50)61(52)51-25-11-17-38-14-3-6-20-43(38)51)42-28-29-48(45-22-8-7-21-44(42)45)56-59-54(46-23-9-15-36-12-1-4-18-40(36)46)58-55(60-56)47-24-10-16-37-13-2-5-19-41(37)47/h1-33H. The third-order valence-electron chi connectivity index (χ3n) is 12.1. The van der Waals surface area contributed by atoms with Crippen molar-refractivity contribution in [3.05, 3.63) is 206 Å². The normalized spacial score (nSPS) is 11.6. The number of hydrogen-bond donors (Lipinski definition) is 0. The number of fused-ring (bicyclic) bond motifs is 7. The van der Waals surface area contributed by atoms with Gasteiger partial charge in [0, 0.05) is 32.8 Å². The molecular weight excluding hydrogens is 743 g/mol. The van der Waals surface area contributed by atoms with E-state index in [-0.39, 0.29) is 0 Å². The second kappa shape index (κ2) is 13.8. The van der Waals surface area contributed by atoms with Crippen LogP contribution < -0.4 is 0 Å². The molecule has 2 heterocycles. The van der Waals surface area contributed by atoms with Gasteiger partial charge in [-0.15, -0.1) is 0 Å². The van der Waals surface area contributed by atoms with E-state index in [0.717, 1.165) is 87.6 Å². The fraction of sp³-hybridized carbons (Fsp3) is 0. The Bertz CT molecular complexity index is 3680. The molecule has 0 aliphatic rings. The molecule has 61 heavy (non-hydrogen) atoms. The van der Waals surface area contributed by atoms with Crippen molar-refractivity contribution in [3.8, 4) is 57.0 Å². The first kappa shape index (κ1) is 34.6. The minimum atomic E-state index is 0.612. The quantitative estimate of drug-likeness (QED) is 0.175. The number of nitriles is 1. The van der Waals surface area contributed by atoms with Crippen LogP contribution in [0.4, 0.5) is 0 Å². The molecule has 0 saturated heterocycles. The summed E-state index contributed by atoms with van der Waals surface area (Å²) in [5.74, 6) is 1.87. The van der Waals surface area contributed by atoms with E-state index in [1.807, 2.05) is 12.1 Å². The van der Waals surface area contributed by atoms with E-state index in [4.69, 9.17) is 15.0 Å². The average molecular weight is 776 g/mol. The van der Waals surface area contributed by atoms with Gasteiger partial charge in [-0.1, -0.05) is 158 Å². The largest absolute Gasteiger partial charge is 0.309 e. The van der Waals surface area contributed by atoms with Gasteiger partial charge in [0.25, 0.3) is 0 Å². The first-order valence-corrected chi connectivity index (χ1v) is 20.4. The molecule has 0 aliphatic carbocycles. The van der Waals surface area contributed by atoms with Crippen LogP contribution in [0.5, 0.6) is 0 Å². The number of benzene rings is 10. The van der Waals surface area contributed by atoms with Gasteiger partial charge in [0.2, 0.25) is 0 Å². The number of hydrogen-bond acceptors (Lipinski definition) is 4. The Morgan fingerprint density at radius 2 is 0.787 bits per heavy atom. The summed E-state index contributed by atoms with van der Waals surface area (Å²) >= 11 is 0. The van der Waals surface area contributed by atoms with Crippen LogP contribution in [0.15, 0.2) is 200 Å². The lowest BCUT2D eigenvalue weighted by Gasteiger charge is -2.15. The van der Waals surface area contributed by atoms with Gasteiger partial charge in [-0.05, 0) is 91.3 Å². The molecule has 0 N–H and O–H groups in total. The Hall–Kier alpha value is -8.46. The summed E-state index contributed by atoms with van der Waals surface area (Å²) < 4.78 is 2.33. The average Bonchev–Trinajstić information content (AvgIpc) is 3.65. The van der Waals surface area contributed by atoms with Crippen LogP contribution >= 0.6 is 0 Å². The first-order valence-electron chi connectivity index (χ1n) is 20.4. The van der Waals surface area contributed by atoms with Gasteiger partial charge < -0.3 is 4.57 Å². The summed E-state index contributed by atoms with van der Waals surface area (Å²) in [6.45, 7) is 0. The lowest BCUT2D eigenvalue weighted by Crippen LogP contribution is -2.01. The lowest BCUT2D eigenvalue weighted by atomic mass is 9.93. The SMILES string of the molecule is N#Cc1ccc2c(c1)c1cc(-c3ccc(-c4nc(-c5cccc6ccccc56)nc(-c5cccc6ccccc56)n4)c4ccccc34)ccc1n2-c1cccc2ccccc12. The van der Waals surface area contributed by atoms with E-state index in [1.54, 1.807) is 0 Å². The lowest BCUT2D eigenvalue weighted by molar-refractivity contribution is 1.08. The van der Waals surface area contributed by atoms with E-state index >= 15 is 0 Å². The molecule has 0 atom stereocenters. The Morgan fingerprint density at radius 1 is 0.344 bits per heavy atom. The molecule has 0 amide bonds. The van der Waals surface area contributed by atoms with Crippen molar-refractivity contribution in [3.63, 3.8) is 0 Å². The molecule has 282 valence electrons. The highest BCUT2D eigenvalue weighted by Crippen LogP contribution is 2.41. The highest BCUT2D eigenvalue weighted by atomic mass is 15.0. The molecule has 12 aromatic rings. The maximum Gasteiger partial charge on any atom is 0.164 e. The van der Waals surface area contributed by atoms with Crippen molar-refractivity contribution in [2.75, 3.05) is 0 Å². The predicted molar refractivity (Wildman–Crippen MR) is 251 cm³/mol. The van der Waals surface area contributed by atoms with E-state index in [9.17, 15) is 5.26 Å². The summed E-state index contributed by atoms with van der Waals surface area (Å²) in [6, 6.07) is 72.3. The summed E-state index contributed by atoms with van der Waals surface area (Å²) in [5, 5.41) is 21.0. The molecule has 10 aromatic carbocycles. The van der Waals surface area contributed by atoms with Gasteiger partial charge in [-0.2, -0.15) is 5.26 Å². The predicted octanol–water partition coefficient (Wildman–Crippen LogP) is 14.1. The van der Waals surface area contributed by atoms with Crippen molar-refractivity contribution < 1.29 is 0 Å². The van der Waals surface area contributed by atoms with Crippen LogP contribution in [-0.4, -0.2) is 19.5 Å². The molecule has 12 rings (SSSR count). The topological polar surface area (TPSA) is 67.4 Å². The van der Waals surface area contributed by atoms with E-state index in [1.165, 1.54) is 10.8 Å². The maximum atomic E-state index is 9.99. The van der Waals surface area contributed by atoms with Crippen LogP contribution in [0.3, 0.4) is 0 Å². The molecular formula is C56H33N5. The zero-order valence-electron chi connectivity index (χ0n) is 32.8. The first-order chi connectivity index (χ1) is 30.2. The van der Waals surface area contributed by atoms with Crippen molar-refractivity contribution in [2.45, 2.75) is 0 Å². The van der Waals surface area contributed by atoms with Gasteiger partial charge in [0.15, 0.2) is 17.5 Å². The van der Waals surface area contributed by atoms with Gasteiger partial charge in [-0.25, -0.2) is 15.0 Å². The Balaban J connectivity index is 1.07. The molecule has 0 saturated carbocycles. The molecule has 0 bridgehead atoms. The van der Waals surface area contributed by atoms with Gasteiger partial charge in [0.1, 0.15) is 0 Å². The maximum absolute atomic E-state index is 9.99. The zero-order chi connectivity index (χ0) is 40.4. The van der Waals surface area contributed by atoms with Crippen molar-refractivity contribution in [1.29, 1.82) is 5.26 Å². The summed E-state index contributed by atoms with van der Waals surface area (Å²) in [6.07, 6.45) is 0. The highest BCUT2D eigenvalue weighted by Gasteiger charge is 2.20. The van der Waals surface area contributed by atoms with E-state index in [2.05, 4.69) is 199 Å². The molecule has 0 radical (unpaired) electrons. The Morgan fingerprint density at radius 3 is 1.39 bits per heavy atom. The van der Waals surface area contributed by atoms with E-state index in [0.29, 0.717) is 23.0 Å². The number of nitrogens with zero attached hydrogens (tertiary/aromatic N) is 5. The van der Waals surface area contributed by atoms with Crippen molar-refractivity contribution in [1.82, 2.24) is 19.5 Å². The second-order valence-electron chi connectivity index (χ2n) is 15.5.